The third kappa shape index (κ3) is 4.18. The van der Waals surface area contributed by atoms with Gasteiger partial charge >= 0.3 is 0 Å². The molecule has 0 aliphatic heterocycles. The number of amides is 1. The Bertz CT molecular complexity index is 1150. The van der Waals surface area contributed by atoms with Crippen molar-refractivity contribution in [3.05, 3.63) is 71.1 Å². The number of nitrogens with zero attached hydrogens (tertiary/aromatic N) is 2. The van der Waals surface area contributed by atoms with E-state index in [1.165, 1.54) is 11.3 Å². The zero-order chi connectivity index (χ0) is 20.9. The fraction of sp³-hybridized carbons (Fsp3) is 0.136. The summed E-state index contributed by atoms with van der Waals surface area (Å²) in [5.74, 6) is 2.06. The molecule has 1 amide bonds. The summed E-state index contributed by atoms with van der Waals surface area (Å²) in [6.07, 6.45) is 0. The van der Waals surface area contributed by atoms with Crippen LogP contribution in [0, 0.1) is 0 Å². The number of thiophene rings is 1. The average molecular weight is 421 g/mol. The van der Waals surface area contributed by atoms with Crippen LogP contribution in [0.2, 0.25) is 0 Å². The summed E-state index contributed by atoms with van der Waals surface area (Å²) in [5, 5.41) is 6.94. The highest BCUT2D eigenvalue weighted by atomic mass is 32.1. The highest BCUT2D eigenvalue weighted by Gasteiger charge is 2.16. The molecule has 30 heavy (non-hydrogen) atoms. The molecular formula is C22H19N3O4S. The lowest BCUT2D eigenvalue weighted by atomic mass is 10.2. The van der Waals surface area contributed by atoms with E-state index >= 15 is 0 Å². The van der Waals surface area contributed by atoms with E-state index in [0.29, 0.717) is 34.6 Å². The van der Waals surface area contributed by atoms with E-state index in [-0.39, 0.29) is 5.91 Å². The van der Waals surface area contributed by atoms with Gasteiger partial charge in [0.25, 0.3) is 11.8 Å². The normalized spacial score (nSPS) is 10.6. The van der Waals surface area contributed by atoms with Gasteiger partial charge in [0.2, 0.25) is 5.82 Å². The van der Waals surface area contributed by atoms with E-state index in [0.717, 1.165) is 16.0 Å². The summed E-state index contributed by atoms with van der Waals surface area (Å²) in [5.41, 5.74) is 1.70. The molecule has 7 nitrogen and oxygen atoms in total. The summed E-state index contributed by atoms with van der Waals surface area (Å²) >= 11 is 1.31. The van der Waals surface area contributed by atoms with Crippen molar-refractivity contribution in [2.75, 3.05) is 14.2 Å². The minimum atomic E-state index is -0.184. The number of rotatable bonds is 7. The van der Waals surface area contributed by atoms with Crippen molar-refractivity contribution < 1.29 is 18.8 Å². The second-order valence-electron chi connectivity index (χ2n) is 6.31. The van der Waals surface area contributed by atoms with Crippen molar-refractivity contribution in [3.63, 3.8) is 0 Å². The third-order valence-electron chi connectivity index (χ3n) is 4.43. The second kappa shape index (κ2) is 8.79. The smallest absolute Gasteiger partial charge is 0.261 e. The standard InChI is InChI=1S/C22H19N3O4S/c1-27-16-9-8-15(17(12-16)28-2)13-23-21(26)19-11-10-18(30-19)20-24-22(29-25-20)14-6-4-3-5-7-14/h3-12H,13H2,1-2H3,(H,23,26). The third-order valence-corrected chi connectivity index (χ3v) is 5.51. The number of hydrogen-bond acceptors (Lipinski definition) is 7. The predicted molar refractivity (Wildman–Crippen MR) is 114 cm³/mol. The summed E-state index contributed by atoms with van der Waals surface area (Å²) in [6, 6.07) is 18.6. The number of benzene rings is 2. The fourth-order valence-corrected chi connectivity index (χ4v) is 3.71. The number of hydrogen-bond donors (Lipinski definition) is 1. The van der Waals surface area contributed by atoms with Crippen LogP contribution >= 0.6 is 11.3 Å². The molecule has 0 bridgehead atoms. The minimum Gasteiger partial charge on any atom is -0.497 e. The van der Waals surface area contributed by atoms with Gasteiger partial charge in [0, 0.05) is 23.7 Å². The van der Waals surface area contributed by atoms with E-state index < -0.39 is 0 Å². The molecular weight excluding hydrogens is 402 g/mol. The molecule has 0 aliphatic carbocycles. The van der Waals surface area contributed by atoms with E-state index in [1.54, 1.807) is 26.4 Å². The Kier molecular flexibility index (Phi) is 5.76. The minimum absolute atomic E-state index is 0.184. The van der Waals surface area contributed by atoms with Gasteiger partial charge in [-0.1, -0.05) is 23.4 Å². The zero-order valence-corrected chi connectivity index (χ0v) is 17.2. The van der Waals surface area contributed by atoms with Gasteiger partial charge in [-0.2, -0.15) is 4.98 Å². The molecule has 0 radical (unpaired) electrons. The van der Waals surface area contributed by atoms with Crippen LogP contribution < -0.4 is 14.8 Å². The van der Waals surface area contributed by atoms with E-state index in [4.69, 9.17) is 14.0 Å². The van der Waals surface area contributed by atoms with Crippen LogP contribution in [0.5, 0.6) is 11.5 Å². The van der Waals surface area contributed by atoms with Crippen LogP contribution in [0.25, 0.3) is 22.2 Å². The Labute approximate surface area is 177 Å². The van der Waals surface area contributed by atoms with Crippen LogP contribution in [-0.2, 0) is 6.54 Å². The van der Waals surface area contributed by atoms with E-state index in [1.807, 2.05) is 48.5 Å². The molecule has 4 rings (SSSR count). The molecule has 8 heteroatoms. The number of methoxy groups -OCH3 is 2. The molecule has 0 atom stereocenters. The largest absolute Gasteiger partial charge is 0.497 e. The average Bonchev–Trinajstić information content (AvgIpc) is 3.48. The highest BCUT2D eigenvalue weighted by molar-refractivity contribution is 7.17. The van der Waals surface area contributed by atoms with Crippen LogP contribution in [-0.4, -0.2) is 30.3 Å². The Morgan fingerprint density at radius 2 is 1.90 bits per heavy atom. The monoisotopic (exact) mass is 421 g/mol. The summed E-state index contributed by atoms with van der Waals surface area (Å²) < 4.78 is 15.9. The van der Waals surface area contributed by atoms with Crippen molar-refractivity contribution in [1.29, 1.82) is 0 Å². The van der Waals surface area contributed by atoms with Crippen LogP contribution in [0.3, 0.4) is 0 Å². The van der Waals surface area contributed by atoms with Crippen molar-refractivity contribution in [2.45, 2.75) is 6.54 Å². The molecule has 2 aromatic carbocycles. The Hall–Kier alpha value is -3.65. The van der Waals surface area contributed by atoms with Crippen molar-refractivity contribution in [3.8, 4) is 33.7 Å². The van der Waals surface area contributed by atoms with Gasteiger partial charge in [0.05, 0.1) is 24.0 Å². The molecule has 2 heterocycles. The van der Waals surface area contributed by atoms with Crippen molar-refractivity contribution in [1.82, 2.24) is 15.5 Å². The zero-order valence-electron chi connectivity index (χ0n) is 16.4. The highest BCUT2D eigenvalue weighted by Crippen LogP contribution is 2.28. The van der Waals surface area contributed by atoms with Crippen molar-refractivity contribution >= 4 is 17.2 Å². The predicted octanol–water partition coefficient (Wildman–Crippen LogP) is 4.41. The van der Waals surface area contributed by atoms with Gasteiger partial charge in [0.15, 0.2) is 0 Å². The first-order valence-electron chi connectivity index (χ1n) is 9.16. The van der Waals surface area contributed by atoms with Gasteiger partial charge in [0.1, 0.15) is 11.5 Å². The van der Waals surface area contributed by atoms with Crippen LogP contribution in [0.1, 0.15) is 15.2 Å². The van der Waals surface area contributed by atoms with Crippen molar-refractivity contribution in [2.24, 2.45) is 0 Å². The SMILES string of the molecule is COc1ccc(CNC(=O)c2ccc(-c3noc(-c4ccccc4)n3)s2)c(OC)c1. The summed E-state index contributed by atoms with van der Waals surface area (Å²) in [7, 11) is 3.18. The number of nitrogens with one attached hydrogen (secondary N) is 1. The lowest BCUT2D eigenvalue weighted by molar-refractivity contribution is 0.0954. The van der Waals surface area contributed by atoms with Gasteiger partial charge < -0.3 is 19.3 Å². The molecule has 0 unspecified atom stereocenters. The van der Waals surface area contributed by atoms with Gasteiger partial charge in [-0.05, 0) is 36.4 Å². The molecule has 1 N–H and O–H groups in total. The fourth-order valence-electron chi connectivity index (χ4n) is 2.86. The molecule has 2 aromatic heterocycles. The first kappa shape index (κ1) is 19.7. The maximum absolute atomic E-state index is 12.6. The number of carbonyl (C=O) groups excluding carboxylic acids is 1. The molecule has 4 aromatic rings. The molecule has 0 aliphatic rings. The maximum atomic E-state index is 12.6. The molecule has 0 saturated carbocycles. The first-order valence-corrected chi connectivity index (χ1v) is 9.98. The summed E-state index contributed by atoms with van der Waals surface area (Å²) in [4.78, 5) is 18.3. The van der Waals surface area contributed by atoms with Gasteiger partial charge in [-0.25, -0.2) is 0 Å². The number of ether oxygens (including phenoxy) is 2. The Morgan fingerprint density at radius 1 is 1.07 bits per heavy atom. The molecule has 152 valence electrons. The number of carbonyl (C=O) groups is 1. The quantitative estimate of drug-likeness (QED) is 0.476. The van der Waals surface area contributed by atoms with E-state index in [9.17, 15) is 4.79 Å². The molecule has 0 fully saturated rings. The van der Waals surface area contributed by atoms with Gasteiger partial charge in [-0.3, -0.25) is 4.79 Å². The number of aromatic nitrogens is 2. The molecule has 0 saturated heterocycles. The second-order valence-corrected chi connectivity index (χ2v) is 7.40. The topological polar surface area (TPSA) is 86.5 Å². The van der Waals surface area contributed by atoms with Crippen LogP contribution in [0.4, 0.5) is 0 Å². The molecule has 0 spiro atoms. The van der Waals surface area contributed by atoms with Gasteiger partial charge in [-0.15, -0.1) is 11.3 Å². The van der Waals surface area contributed by atoms with Crippen LogP contribution in [0.15, 0.2) is 65.2 Å². The lowest BCUT2D eigenvalue weighted by Gasteiger charge is -2.11. The lowest BCUT2D eigenvalue weighted by Crippen LogP contribution is -2.22. The Balaban J connectivity index is 1.44. The Morgan fingerprint density at radius 3 is 2.67 bits per heavy atom. The first-order chi connectivity index (χ1) is 14.7. The summed E-state index contributed by atoms with van der Waals surface area (Å²) in [6.45, 7) is 0.333. The van der Waals surface area contributed by atoms with E-state index in [2.05, 4.69) is 15.5 Å². The maximum Gasteiger partial charge on any atom is 0.261 e.